The molecule has 47 valence electrons. The van der Waals surface area contributed by atoms with E-state index in [1.165, 1.54) is 19.8 Å². The highest BCUT2D eigenvalue weighted by atomic mass is 16.6. The zero-order valence-electron chi connectivity index (χ0n) is 5.09. The summed E-state index contributed by atoms with van der Waals surface area (Å²) in [5.41, 5.74) is 0. The van der Waals surface area contributed by atoms with E-state index in [1.807, 2.05) is 0 Å². The fraction of sp³-hybridized carbons (Fsp3) is 1.00. The Labute approximate surface area is 49.5 Å². The Bertz CT molecular complexity index is 64.9. The molecule has 0 aromatic heterocycles. The minimum Gasteiger partial charge on any atom is -0.350 e. The van der Waals surface area contributed by atoms with Crippen LogP contribution >= 0.6 is 0 Å². The zero-order valence-corrected chi connectivity index (χ0v) is 5.09. The molecule has 2 heteroatoms. The van der Waals surface area contributed by atoms with Gasteiger partial charge >= 0.3 is 0 Å². The van der Waals surface area contributed by atoms with E-state index in [0.29, 0.717) is 12.5 Å². The Balaban J connectivity index is 1.87. The standard InChI is InChI=1S/C6H11O2/c1-5(7)8-4-6-2-3-6/h5-6H,2-4H2,1H3. The molecule has 0 aromatic rings. The summed E-state index contributed by atoms with van der Waals surface area (Å²) in [5.74, 6) is 0.714. The zero-order chi connectivity index (χ0) is 5.98. The predicted octanol–water partition coefficient (Wildman–Crippen LogP) is 1.19. The lowest BCUT2D eigenvalue weighted by Gasteiger charge is -2.00. The summed E-state index contributed by atoms with van der Waals surface area (Å²) in [7, 11) is 0. The normalized spacial score (nSPS) is 23.2. The molecule has 0 saturated heterocycles. The molecule has 1 unspecified atom stereocenters. The molecule has 1 aliphatic rings. The second-order valence-corrected chi connectivity index (χ2v) is 2.34. The van der Waals surface area contributed by atoms with Crippen molar-refractivity contribution in [3.63, 3.8) is 0 Å². The smallest absolute Gasteiger partial charge is 0.188 e. The molecule has 0 amide bonds. The van der Waals surface area contributed by atoms with Crippen LogP contribution in [0.4, 0.5) is 0 Å². The average molecular weight is 115 g/mol. The Kier molecular flexibility index (Phi) is 1.86. The van der Waals surface area contributed by atoms with Crippen LogP contribution in [0.5, 0.6) is 0 Å². The van der Waals surface area contributed by atoms with Gasteiger partial charge in [0.1, 0.15) is 0 Å². The molecule has 0 heterocycles. The van der Waals surface area contributed by atoms with Crippen molar-refractivity contribution in [3.8, 4) is 0 Å². The van der Waals surface area contributed by atoms with Crippen molar-refractivity contribution in [2.24, 2.45) is 5.92 Å². The van der Waals surface area contributed by atoms with Gasteiger partial charge in [-0.2, -0.15) is 0 Å². The molecule has 0 bridgehead atoms. The molecule has 0 aromatic carbocycles. The van der Waals surface area contributed by atoms with Crippen LogP contribution in [0.2, 0.25) is 0 Å². The highest BCUT2D eigenvalue weighted by Crippen LogP contribution is 2.28. The molecule has 0 N–H and O–H groups in total. The minimum atomic E-state index is -0.824. The van der Waals surface area contributed by atoms with Crippen LogP contribution in [0, 0.1) is 5.92 Å². The van der Waals surface area contributed by atoms with Gasteiger partial charge in [-0.1, -0.05) is 0 Å². The van der Waals surface area contributed by atoms with Gasteiger partial charge in [0.25, 0.3) is 0 Å². The molecule has 1 rings (SSSR count). The summed E-state index contributed by atoms with van der Waals surface area (Å²) in [4.78, 5) is 0. The fourth-order valence-corrected chi connectivity index (χ4v) is 0.556. The first kappa shape index (κ1) is 6.05. The summed E-state index contributed by atoms with van der Waals surface area (Å²) in [5, 5.41) is 10.2. The fourth-order valence-electron chi connectivity index (χ4n) is 0.556. The number of ether oxygens (including phenoxy) is 1. The van der Waals surface area contributed by atoms with Crippen molar-refractivity contribution in [2.45, 2.75) is 26.1 Å². The first-order valence-corrected chi connectivity index (χ1v) is 3.06. The highest BCUT2D eigenvalue weighted by Gasteiger charge is 2.21. The third-order valence-corrected chi connectivity index (χ3v) is 1.26. The van der Waals surface area contributed by atoms with Crippen LogP contribution < -0.4 is 0 Å². The van der Waals surface area contributed by atoms with E-state index in [4.69, 9.17) is 4.74 Å². The van der Waals surface area contributed by atoms with Crippen molar-refractivity contribution < 1.29 is 9.84 Å². The van der Waals surface area contributed by atoms with Crippen LogP contribution in [-0.2, 0) is 9.84 Å². The maximum absolute atomic E-state index is 10.2. The van der Waals surface area contributed by atoms with Crippen LogP contribution in [-0.4, -0.2) is 12.9 Å². The van der Waals surface area contributed by atoms with Gasteiger partial charge in [-0.15, -0.1) is 0 Å². The van der Waals surface area contributed by atoms with E-state index in [2.05, 4.69) is 0 Å². The Morgan fingerprint density at radius 2 is 2.38 bits per heavy atom. The molecule has 1 radical (unpaired) electrons. The van der Waals surface area contributed by atoms with Gasteiger partial charge in [0.2, 0.25) is 0 Å². The molecule has 2 nitrogen and oxygen atoms in total. The van der Waals surface area contributed by atoms with Crippen molar-refractivity contribution in [3.05, 3.63) is 0 Å². The van der Waals surface area contributed by atoms with E-state index >= 15 is 0 Å². The van der Waals surface area contributed by atoms with Gasteiger partial charge in [-0.3, -0.25) is 0 Å². The van der Waals surface area contributed by atoms with Crippen molar-refractivity contribution in [1.82, 2.24) is 0 Å². The van der Waals surface area contributed by atoms with Crippen LogP contribution in [0.3, 0.4) is 0 Å². The third kappa shape index (κ3) is 2.28. The Morgan fingerprint density at radius 3 is 2.75 bits per heavy atom. The lowest BCUT2D eigenvalue weighted by atomic mass is 10.5. The molecular formula is C6H11O2. The minimum absolute atomic E-state index is 0.685. The molecule has 1 atom stereocenters. The number of hydrogen-bond donors (Lipinski definition) is 0. The van der Waals surface area contributed by atoms with Crippen molar-refractivity contribution in [1.29, 1.82) is 0 Å². The largest absolute Gasteiger partial charge is 0.350 e. The number of rotatable bonds is 3. The number of hydrogen-bond acceptors (Lipinski definition) is 1. The molecule has 0 spiro atoms. The van der Waals surface area contributed by atoms with Gasteiger partial charge in [-0.25, -0.2) is 5.11 Å². The van der Waals surface area contributed by atoms with Gasteiger partial charge in [0, 0.05) is 0 Å². The van der Waals surface area contributed by atoms with Gasteiger partial charge in [0.05, 0.1) is 6.61 Å². The second kappa shape index (κ2) is 2.46. The third-order valence-electron chi connectivity index (χ3n) is 1.26. The SMILES string of the molecule is CC([O])OCC1CC1. The van der Waals surface area contributed by atoms with Crippen LogP contribution in [0.15, 0.2) is 0 Å². The van der Waals surface area contributed by atoms with E-state index < -0.39 is 6.29 Å². The van der Waals surface area contributed by atoms with E-state index in [0.717, 1.165) is 0 Å². The molecule has 1 fully saturated rings. The maximum Gasteiger partial charge on any atom is 0.188 e. The van der Waals surface area contributed by atoms with Gasteiger partial charge in [0.15, 0.2) is 6.29 Å². The van der Waals surface area contributed by atoms with Crippen LogP contribution in [0.1, 0.15) is 19.8 Å². The summed E-state index contributed by atoms with van der Waals surface area (Å²) < 4.78 is 4.81. The van der Waals surface area contributed by atoms with E-state index in [9.17, 15) is 5.11 Å². The monoisotopic (exact) mass is 115 g/mol. The van der Waals surface area contributed by atoms with Crippen LogP contribution in [0.25, 0.3) is 0 Å². The molecular weight excluding hydrogens is 104 g/mol. The second-order valence-electron chi connectivity index (χ2n) is 2.34. The lowest BCUT2D eigenvalue weighted by molar-refractivity contribution is -0.129. The molecule has 1 saturated carbocycles. The first-order valence-electron chi connectivity index (χ1n) is 3.06. The van der Waals surface area contributed by atoms with Crippen molar-refractivity contribution in [2.75, 3.05) is 6.61 Å². The Morgan fingerprint density at radius 1 is 1.75 bits per heavy atom. The Hall–Kier alpha value is -0.0800. The van der Waals surface area contributed by atoms with E-state index in [1.54, 1.807) is 0 Å². The van der Waals surface area contributed by atoms with E-state index in [-0.39, 0.29) is 0 Å². The summed E-state index contributed by atoms with van der Waals surface area (Å²) >= 11 is 0. The molecule has 8 heavy (non-hydrogen) atoms. The summed E-state index contributed by atoms with van der Waals surface area (Å²) in [6, 6.07) is 0. The van der Waals surface area contributed by atoms with Gasteiger partial charge < -0.3 is 4.74 Å². The molecule has 1 aliphatic carbocycles. The maximum atomic E-state index is 10.2. The highest BCUT2D eigenvalue weighted by molar-refractivity contribution is 4.71. The topological polar surface area (TPSA) is 29.1 Å². The predicted molar refractivity (Wildman–Crippen MR) is 28.8 cm³/mol. The first-order chi connectivity index (χ1) is 3.79. The quantitative estimate of drug-likeness (QED) is 0.508. The van der Waals surface area contributed by atoms with Gasteiger partial charge in [-0.05, 0) is 25.7 Å². The molecule has 0 aliphatic heterocycles. The summed E-state index contributed by atoms with van der Waals surface area (Å²) in [6.45, 7) is 2.22. The summed E-state index contributed by atoms with van der Waals surface area (Å²) in [6.07, 6.45) is 1.69. The average Bonchev–Trinajstić information content (AvgIpc) is 2.41. The lowest BCUT2D eigenvalue weighted by Crippen LogP contribution is -2.06. The van der Waals surface area contributed by atoms with Crippen molar-refractivity contribution >= 4 is 0 Å².